The van der Waals surface area contributed by atoms with Crippen molar-refractivity contribution < 1.29 is 18.3 Å². The van der Waals surface area contributed by atoms with E-state index in [2.05, 4.69) is 13.8 Å². The molecule has 0 N–H and O–H groups in total. The Bertz CT molecular complexity index is 1160. The molecule has 0 unspecified atom stereocenters. The molecule has 0 amide bonds. The van der Waals surface area contributed by atoms with E-state index < -0.39 is 23.4 Å². The highest BCUT2D eigenvalue weighted by molar-refractivity contribution is 5.91. The minimum atomic E-state index is -1.16. The van der Waals surface area contributed by atoms with Gasteiger partial charge in [-0.1, -0.05) is 82.3 Å². The van der Waals surface area contributed by atoms with Crippen LogP contribution in [0, 0.1) is 17.6 Å². The summed E-state index contributed by atoms with van der Waals surface area (Å²) in [5, 5.41) is 0. The fraction of sp³-hybridized carbons (Fsp3) is 0.424. The first-order chi connectivity index (χ1) is 18.0. The summed E-state index contributed by atoms with van der Waals surface area (Å²) in [4.78, 5) is 12.7. The van der Waals surface area contributed by atoms with Crippen LogP contribution < -0.4 is 4.74 Å². The Balaban J connectivity index is 1.37. The lowest BCUT2D eigenvalue weighted by Gasteiger charge is -2.29. The zero-order valence-corrected chi connectivity index (χ0v) is 22.1. The predicted octanol–water partition coefficient (Wildman–Crippen LogP) is 9.66. The van der Waals surface area contributed by atoms with Crippen LogP contribution in [0.5, 0.6) is 5.75 Å². The molecule has 1 saturated carbocycles. The number of carbonyl (C=O) groups is 1. The second-order valence-corrected chi connectivity index (χ2v) is 10.4. The number of benzene rings is 3. The Morgan fingerprint density at radius 1 is 0.811 bits per heavy atom. The van der Waals surface area contributed by atoms with Crippen molar-refractivity contribution in [1.82, 2.24) is 0 Å². The number of aryl methyl sites for hydroxylation is 1. The highest BCUT2D eigenvalue weighted by Gasteiger charge is 2.23. The maximum atomic E-state index is 14.9. The molecule has 196 valence electrons. The molecule has 37 heavy (non-hydrogen) atoms. The Labute approximate surface area is 220 Å². The van der Waals surface area contributed by atoms with E-state index in [1.165, 1.54) is 69.1 Å². The molecule has 0 spiro atoms. The molecular weight excluding hydrogens is 466 g/mol. The number of hydrogen-bond donors (Lipinski definition) is 0. The normalized spacial score (nSPS) is 17.5. The summed E-state index contributed by atoms with van der Waals surface area (Å²) < 4.78 is 34.9. The van der Waals surface area contributed by atoms with Crippen molar-refractivity contribution in [2.75, 3.05) is 0 Å². The van der Waals surface area contributed by atoms with Crippen LogP contribution in [-0.4, -0.2) is 5.97 Å². The molecule has 1 fully saturated rings. The van der Waals surface area contributed by atoms with Gasteiger partial charge in [0, 0.05) is 5.56 Å². The van der Waals surface area contributed by atoms with Gasteiger partial charge in [-0.2, -0.15) is 4.39 Å². The van der Waals surface area contributed by atoms with Gasteiger partial charge < -0.3 is 4.74 Å². The third kappa shape index (κ3) is 6.85. The van der Waals surface area contributed by atoms with Crippen LogP contribution in [0.25, 0.3) is 11.1 Å². The van der Waals surface area contributed by atoms with Gasteiger partial charge >= 0.3 is 5.97 Å². The fourth-order valence-electron chi connectivity index (χ4n) is 5.49. The molecular formula is C33H38F2O2. The molecule has 1 aliphatic rings. The zero-order valence-electron chi connectivity index (χ0n) is 22.1. The van der Waals surface area contributed by atoms with Gasteiger partial charge in [-0.25, -0.2) is 9.18 Å². The maximum absolute atomic E-state index is 14.9. The summed E-state index contributed by atoms with van der Waals surface area (Å²) in [7, 11) is 0. The molecule has 0 saturated heterocycles. The molecule has 4 heteroatoms. The molecule has 0 heterocycles. The van der Waals surface area contributed by atoms with Crippen molar-refractivity contribution in [3.8, 4) is 16.9 Å². The van der Waals surface area contributed by atoms with Gasteiger partial charge in [0.05, 0.1) is 5.56 Å². The molecule has 0 atom stereocenters. The highest BCUT2D eigenvalue weighted by atomic mass is 19.2. The summed E-state index contributed by atoms with van der Waals surface area (Å²) in [5.74, 6) is -1.91. The van der Waals surface area contributed by atoms with Crippen molar-refractivity contribution in [2.45, 2.75) is 84.0 Å². The van der Waals surface area contributed by atoms with Gasteiger partial charge in [0.1, 0.15) is 0 Å². The number of halogens is 2. The lowest BCUT2D eigenvalue weighted by molar-refractivity contribution is 0.0726. The van der Waals surface area contributed by atoms with Gasteiger partial charge in [0.25, 0.3) is 0 Å². The minimum absolute atomic E-state index is 0.143. The Kier molecular flexibility index (Phi) is 9.49. The van der Waals surface area contributed by atoms with Crippen molar-refractivity contribution in [2.24, 2.45) is 5.92 Å². The largest absolute Gasteiger partial charge is 0.420 e. The van der Waals surface area contributed by atoms with Gasteiger partial charge in [-0.3, -0.25) is 0 Å². The number of esters is 1. The van der Waals surface area contributed by atoms with Gasteiger partial charge in [0.15, 0.2) is 11.6 Å². The first kappa shape index (κ1) is 27.0. The van der Waals surface area contributed by atoms with Crippen molar-refractivity contribution >= 4 is 5.97 Å². The Morgan fingerprint density at radius 2 is 1.51 bits per heavy atom. The van der Waals surface area contributed by atoms with Gasteiger partial charge in [0.2, 0.25) is 5.82 Å². The van der Waals surface area contributed by atoms with E-state index in [1.54, 1.807) is 24.3 Å². The van der Waals surface area contributed by atoms with Gasteiger partial charge in [-0.15, -0.1) is 0 Å². The van der Waals surface area contributed by atoms with E-state index in [0.717, 1.165) is 24.3 Å². The molecule has 0 bridgehead atoms. The second kappa shape index (κ2) is 13.0. The summed E-state index contributed by atoms with van der Waals surface area (Å²) in [5.41, 5.74) is 3.44. The van der Waals surface area contributed by atoms with E-state index >= 15 is 0 Å². The number of hydrogen-bond acceptors (Lipinski definition) is 2. The summed E-state index contributed by atoms with van der Waals surface area (Å²) >= 11 is 0. The number of carbonyl (C=O) groups excluding carboxylic acids is 1. The zero-order chi connectivity index (χ0) is 26.2. The first-order valence-electron chi connectivity index (χ1n) is 13.9. The van der Waals surface area contributed by atoms with E-state index in [1.807, 2.05) is 24.3 Å². The SMILES string of the molecule is CCCCC[C@H]1CC[C@H](c2ccc(C(=O)Oc3ccc(-c4ccc(CCC)cc4)c(F)c3F)cc2)CC1. The van der Waals surface area contributed by atoms with Crippen LogP contribution in [0.3, 0.4) is 0 Å². The lowest BCUT2D eigenvalue weighted by atomic mass is 9.77. The molecule has 0 aliphatic heterocycles. The van der Waals surface area contributed by atoms with Crippen molar-refractivity contribution in [3.63, 3.8) is 0 Å². The molecule has 2 nitrogen and oxygen atoms in total. The average Bonchev–Trinajstić information content (AvgIpc) is 2.93. The number of ether oxygens (including phenoxy) is 1. The van der Waals surface area contributed by atoms with Crippen LogP contribution in [0.15, 0.2) is 60.7 Å². The minimum Gasteiger partial charge on any atom is -0.420 e. The Morgan fingerprint density at radius 3 is 2.16 bits per heavy atom. The number of unbranched alkanes of at least 4 members (excludes halogenated alkanes) is 2. The number of rotatable bonds is 10. The second-order valence-electron chi connectivity index (χ2n) is 10.4. The van der Waals surface area contributed by atoms with E-state index in [-0.39, 0.29) is 5.56 Å². The summed E-state index contributed by atoms with van der Waals surface area (Å²) in [6.45, 7) is 4.34. The first-order valence-corrected chi connectivity index (χ1v) is 13.9. The fourth-order valence-corrected chi connectivity index (χ4v) is 5.49. The Hall–Kier alpha value is -3.01. The molecule has 3 aromatic rings. The van der Waals surface area contributed by atoms with Crippen LogP contribution in [-0.2, 0) is 6.42 Å². The molecule has 4 rings (SSSR count). The smallest absolute Gasteiger partial charge is 0.343 e. The van der Waals surface area contributed by atoms with Crippen LogP contribution in [0.2, 0.25) is 0 Å². The van der Waals surface area contributed by atoms with E-state index in [9.17, 15) is 13.6 Å². The molecule has 1 aliphatic carbocycles. The standard InChI is InChI=1S/C33H38F2O2/c1-3-5-6-8-24-9-13-25(14-10-24)26-17-19-28(20-18-26)33(36)37-30-22-21-29(31(34)32(30)35)27-15-11-23(7-4-2)12-16-27/h11-12,15-22,24-25H,3-10,13-14H2,1-2H3/t24-,25-. The van der Waals surface area contributed by atoms with Crippen LogP contribution in [0.4, 0.5) is 8.78 Å². The monoisotopic (exact) mass is 504 g/mol. The summed E-state index contributed by atoms with van der Waals surface area (Å²) in [6, 6.07) is 17.6. The van der Waals surface area contributed by atoms with Gasteiger partial charge in [-0.05, 0) is 84.9 Å². The molecule has 0 aromatic heterocycles. The van der Waals surface area contributed by atoms with Crippen LogP contribution >= 0.6 is 0 Å². The molecule has 3 aromatic carbocycles. The average molecular weight is 505 g/mol. The van der Waals surface area contributed by atoms with E-state index in [4.69, 9.17) is 4.74 Å². The quantitative estimate of drug-likeness (QED) is 0.156. The molecule has 0 radical (unpaired) electrons. The predicted molar refractivity (Wildman–Crippen MR) is 146 cm³/mol. The van der Waals surface area contributed by atoms with E-state index in [0.29, 0.717) is 17.0 Å². The lowest BCUT2D eigenvalue weighted by Crippen LogP contribution is -2.14. The topological polar surface area (TPSA) is 26.3 Å². The maximum Gasteiger partial charge on any atom is 0.343 e. The summed E-state index contributed by atoms with van der Waals surface area (Å²) in [6.07, 6.45) is 12.1. The van der Waals surface area contributed by atoms with Crippen LogP contribution in [0.1, 0.15) is 99.0 Å². The van der Waals surface area contributed by atoms with Crippen molar-refractivity contribution in [3.05, 3.63) is 89.0 Å². The van der Waals surface area contributed by atoms with Crippen molar-refractivity contribution in [1.29, 1.82) is 0 Å². The third-order valence-electron chi connectivity index (χ3n) is 7.73. The highest BCUT2D eigenvalue weighted by Crippen LogP contribution is 2.38. The third-order valence-corrected chi connectivity index (χ3v) is 7.73.